The van der Waals surface area contributed by atoms with Crippen LogP contribution in [-0.2, 0) is 4.79 Å². The van der Waals surface area contributed by atoms with Gasteiger partial charge in [-0.15, -0.1) is 0 Å². The second-order valence-electron chi connectivity index (χ2n) is 9.41. The average Bonchev–Trinajstić information content (AvgIpc) is 3.67. The number of hydrogen-bond acceptors (Lipinski definition) is 6. The summed E-state index contributed by atoms with van der Waals surface area (Å²) in [6.45, 7) is 11.6. The van der Waals surface area contributed by atoms with Gasteiger partial charge in [0, 0.05) is 31.3 Å². The Morgan fingerprint density at radius 2 is 1.79 bits per heavy atom. The zero-order valence-electron chi connectivity index (χ0n) is 19.6. The molecule has 0 radical (unpaired) electrons. The first-order valence-electron chi connectivity index (χ1n) is 12.2. The fraction of sp³-hybridized carbons (Fsp3) is 0.577. The molecule has 0 unspecified atom stereocenters. The van der Waals surface area contributed by atoms with E-state index in [1.807, 2.05) is 0 Å². The molecule has 1 saturated heterocycles. The number of carbonyl (C=O) groups excluding carboxylic acids is 1. The molecular formula is C26H34N6O. The summed E-state index contributed by atoms with van der Waals surface area (Å²) in [5.41, 5.74) is 2.09. The number of nitriles is 1. The second-order valence-corrected chi connectivity index (χ2v) is 9.41. The lowest BCUT2D eigenvalue weighted by molar-refractivity contribution is -0.137. The molecule has 1 heterocycles. The van der Waals surface area contributed by atoms with E-state index in [-0.39, 0.29) is 12.0 Å². The van der Waals surface area contributed by atoms with Crippen LogP contribution >= 0.6 is 0 Å². The van der Waals surface area contributed by atoms with E-state index in [1.54, 1.807) is 12.2 Å². The maximum Gasteiger partial charge on any atom is 0.226 e. The Kier molecular flexibility index (Phi) is 7.22. The molecule has 33 heavy (non-hydrogen) atoms. The fourth-order valence-corrected chi connectivity index (χ4v) is 4.49. The molecule has 0 aromatic rings. The highest BCUT2D eigenvalue weighted by molar-refractivity contribution is 6.03. The fourth-order valence-electron chi connectivity index (χ4n) is 4.49. The largest absolute Gasteiger partial charge is 0.352 e. The lowest BCUT2D eigenvalue weighted by atomic mass is 10.1. The minimum Gasteiger partial charge on any atom is -0.352 e. The molecule has 174 valence electrons. The maximum absolute atomic E-state index is 12.9. The van der Waals surface area contributed by atoms with Gasteiger partial charge >= 0.3 is 0 Å². The number of nitrogens with zero attached hydrogens (tertiary/aromatic N) is 6. The molecule has 4 rings (SSSR count). The molecular weight excluding hydrogens is 412 g/mol. The van der Waals surface area contributed by atoms with E-state index in [2.05, 4.69) is 46.2 Å². The van der Waals surface area contributed by atoms with Crippen LogP contribution in [0.15, 0.2) is 51.9 Å². The first-order chi connectivity index (χ1) is 16.1. The molecule has 0 aromatic heterocycles. The van der Waals surface area contributed by atoms with Crippen molar-refractivity contribution in [2.45, 2.75) is 57.9 Å². The molecule has 3 saturated carbocycles. The molecule has 0 bridgehead atoms. The van der Waals surface area contributed by atoms with Crippen LogP contribution in [0.5, 0.6) is 0 Å². The predicted octanol–water partition coefficient (Wildman–Crippen LogP) is 4.11. The monoisotopic (exact) mass is 446 g/mol. The van der Waals surface area contributed by atoms with Crippen molar-refractivity contribution in [3.05, 3.63) is 36.7 Å². The van der Waals surface area contributed by atoms with Gasteiger partial charge in [0.05, 0.1) is 18.0 Å². The van der Waals surface area contributed by atoms with Crippen molar-refractivity contribution in [1.29, 1.82) is 5.26 Å². The Bertz CT molecular complexity index is 946. The van der Waals surface area contributed by atoms with Crippen molar-refractivity contribution in [1.82, 2.24) is 9.80 Å². The minimum atomic E-state index is 0.200. The van der Waals surface area contributed by atoms with Crippen LogP contribution in [0, 0.1) is 29.1 Å². The van der Waals surface area contributed by atoms with Gasteiger partial charge in [0.1, 0.15) is 17.5 Å². The van der Waals surface area contributed by atoms with Crippen LogP contribution in [0.2, 0.25) is 0 Å². The molecule has 1 aliphatic heterocycles. The summed E-state index contributed by atoms with van der Waals surface area (Å²) in [4.78, 5) is 22.3. The summed E-state index contributed by atoms with van der Waals surface area (Å²) < 4.78 is 0. The van der Waals surface area contributed by atoms with E-state index in [0.717, 1.165) is 44.4 Å². The van der Waals surface area contributed by atoms with Crippen LogP contribution in [0.3, 0.4) is 0 Å². The number of amides is 1. The van der Waals surface area contributed by atoms with Gasteiger partial charge in [-0.1, -0.05) is 20.1 Å². The van der Waals surface area contributed by atoms with Crippen molar-refractivity contribution >= 4 is 23.5 Å². The van der Waals surface area contributed by atoms with Gasteiger partial charge in [-0.3, -0.25) is 4.79 Å². The third-order valence-electron chi connectivity index (χ3n) is 6.89. The van der Waals surface area contributed by atoms with E-state index in [4.69, 9.17) is 4.99 Å². The highest BCUT2D eigenvalue weighted by atomic mass is 16.2. The summed E-state index contributed by atoms with van der Waals surface area (Å²) in [5, 5.41) is 18.2. The summed E-state index contributed by atoms with van der Waals surface area (Å²) in [5.74, 6) is 2.30. The summed E-state index contributed by atoms with van der Waals surface area (Å²) in [6, 6.07) is 2.50. The predicted molar refractivity (Wildman–Crippen MR) is 132 cm³/mol. The molecule has 7 heteroatoms. The van der Waals surface area contributed by atoms with Crippen molar-refractivity contribution in [2.75, 3.05) is 19.6 Å². The van der Waals surface area contributed by atoms with Crippen LogP contribution < -0.4 is 0 Å². The molecule has 0 spiro atoms. The summed E-state index contributed by atoms with van der Waals surface area (Å²) >= 11 is 0. The van der Waals surface area contributed by atoms with Gasteiger partial charge in [0.15, 0.2) is 0 Å². The zero-order valence-corrected chi connectivity index (χ0v) is 19.6. The van der Waals surface area contributed by atoms with Crippen molar-refractivity contribution in [3.63, 3.8) is 0 Å². The maximum atomic E-state index is 12.9. The molecule has 1 atom stereocenters. The van der Waals surface area contributed by atoms with E-state index >= 15 is 0 Å². The van der Waals surface area contributed by atoms with Crippen LogP contribution in [0.1, 0.15) is 51.9 Å². The Morgan fingerprint density at radius 3 is 2.33 bits per heavy atom. The quantitative estimate of drug-likeness (QED) is 0.287. The molecule has 0 N–H and O–H groups in total. The van der Waals surface area contributed by atoms with Crippen molar-refractivity contribution < 1.29 is 4.79 Å². The van der Waals surface area contributed by atoms with Gasteiger partial charge in [-0.05, 0) is 68.9 Å². The van der Waals surface area contributed by atoms with Crippen LogP contribution in [-0.4, -0.2) is 59.0 Å². The number of rotatable bonds is 10. The molecule has 3 aliphatic carbocycles. The molecule has 0 aromatic carbocycles. The first kappa shape index (κ1) is 23.2. The number of carbonyl (C=O) groups is 1. The molecule has 1 amide bonds. The number of allylic oxidation sites excluding steroid dienone is 3. The SMILES string of the molecule is C=CC(C=C)=N\N=C/C(C#N)=C(\N=C(/CC)C1CC1)N1CCN(C(=O)C2CC2)[C@H](C2CC2)C1. The van der Waals surface area contributed by atoms with E-state index < -0.39 is 0 Å². The third-order valence-corrected chi connectivity index (χ3v) is 6.89. The topological polar surface area (TPSA) is 84.4 Å². The number of piperazine rings is 1. The number of hydrogen-bond donors (Lipinski definition) is 0. The van der Waals surface area contributed by atoms with E-state index in [1.165, 1.54) is 19.1 Å². The molecule has 4 fully saturated rings. The lowest BCUT2D eigenvalue weighted by Gasteiger charge is -2.43. The highest BCUT2D eigenvalue weighted by Crippen LogP contribution is 2.41. The Hall–Kier alpha value is -3.01. The molecule has 7 nitrogen and oxygen atoms in total. The second kappa shape index (κ2) is 10.3. The zero-order chi connectivity index (χ0) is 23.4. The highest BCUT2D eigenvalue weighted by Gasteiger charge is 2.45. The smallest absolute Gasteiger partial charge is 0.226 e. The van der Waals surface area contributed by atoms with Gasteiger partial charge in [0.2, 0.25) is 5.91 Å². The summed E-state index contributed by atoms with van der Waals surface area (Å²) in [7, 11) is 0. The summed E-state index contributed by atoms with van der Waals surface area (Å²) in [6.07, 6.45) is 12.2. The number of aliphatic imine (C=N–C) groups is 1. The Balaban J connectivity index is 1.64. The third kappa shape index (κ3) is 5.68. The van der Waals surface area contributed by atoms with Crippen molar-refractivity contribution in [2.24, 2.45) is 32.9 Å². The van der Waals surface area contributed by atoms with Crippen LogP contribution in [0.25, 0.3) is 0 Å². The van der Waals surface area contributed by atoms with Crippen molar-refractivity contribution in [3.8, 4) is 6.07 Å². The van der Waals surface area contributed by atoms with Crippen LogP contribution in [0.4, 0.5) is 0 Å². The Morgan fingerprint density at radius 1 is 1.09 bits per heavy atom. The van der Waals surface area contributed by atoms with Gasteiger partial charge < -0.3 is 9.80 Å². The minimum absolute atomic E-state index is 0.200. The Labute approximate surface area is 197 Å². The molecule has 4 aliphatic rings. The van der Waals surface area contributed by atoms with Gasteiger partial charge in [-0.25, -0.2) is 4.99 Å². The van der Waals surface area contributed by atoms with Gasteiger partial charge in [-0.2, -0.15) is 15.5 Å². The van der Waals surface area contributed by atoms with E-state index in [9.17, 15) is 10.1 Å². The van der Waals surface area contributed by atoms with Gasteiger partial charge in [0.25, 0.3) is 0 Å². The first-order valence-corrected chi connectivity index (χ1v) is 12.2. The normalized spacial score (nSPS) is 24.2. The lowest BCUT2D eigenvalue weighted by Crippen LogP contribution is -2.56. The van der Waals surface area contributed by atoms with E-state index in [0.29, 0.717) is 47.9 Å². The average molecular weight is 447 g/mol. The standard InChI is InChI=1S/C26H34N6O/c1-4-22(5-2)30-28-16-21(15-27)25(29-23(6-3)18-7-8-18)31-13-14-32(26(33)20-11-12-20)24(17-31)19-9-10-19/h4-5,16,18-20,24H,1-2,6-14,17H2,3H3/b25-21+,28-16-,29-23+/t24-/m0/s1.